The second-order valence-electron chi connectivity index (χ2n) is 7.47. The number of hydrogen-bond donors (Lipinski definition) is 0. The molecule has 0 N–H and O–H groups in total. The van der Waals surface area contributed by atoms with E-state index in [9.17, 15) is 4.79 Å². The fourth-order valence-electron chi connectivity index (χ4n) is 4.12. The predicted octanol–water partition coefficient (Wildman–Crippen LogP) is 2.01. The van der Waals surface area contributed by atoms with Crippen molar-refractivity contribution in [3.63, 3.8) is 0 Å². The van der Waals surface area contributed by atoms with Gasteiger partial charge >= 0.3 is 0 Å². The maximum absolute atomic E-state index is 12.7. The van der Waals surface area contributed by atoms with Gasteiger partial charge in [-0.15, -0.1) is 0 Å². The first-order valence-corrected chi connectivity index (χ1v) is 9.40. The molecule has 2 atom stereocenters. The highest BCUT2D eigenvalue weighted by molar-refractivity contribution is 5.76. The van der Waals surface area contributed by atoms with Gasteiger partial charge < -0.3 is 14.3 Å². The summed E-state index contributed by atoms with van der Waals surface area (Å²) < 4.78 is 5.31. The van der Waals surface area contributed by atoms with E-state index in [1.165, 1.54) is 6.42 Å². The molecule has 1 amide bonds. The molecule has 3 saturated heterocycles. The largest absolute Gasteiger partial charge is 0.339 e. The molecule has 3 aliphatic rings. The summed E-state index contributed by atoms with van der Waals surface area (Å²) in [5.41, 5.74) is 0.836. The highest BCUT2D eigenvalue weighted by atomic mass is 16.5. The molecule has 0 spiro atoms. The molecule has 2 bridgehead atoms. The van der Waals surface area contributed by atoms with E-state index in [1.54, 1.807) is 12.4 Å². The predicted molar refractivity (Wildman–Crippen MR) is 96.2 cm³/mol. The monoisotopic (exact) mass is 355 g/mol. The Kier molecular flexibility index (Phi) is 4.97. The number of likely N-dealkylation sites (N-methyl/N-ethyl adjacent to an activating group) is 1. The number of aryl methyl sites for hydroxylation is 1. The molecule has 3 fully saturated rings. The summed E-state index contributed by atoms with van der Waals surface area (Å²) in [4.78, 5) is 25.7. The summed E-state index contributed by atoms with van der Waals surface area (Å²) in [6.07, 6.45) is 7.71. The van der Waals surface area contributed by atoms with Crippen LogP contribution in [0.25, 0.3) is 11.4 Å². The molecule has 7 nitrogen and oxygen atoms in total. The van der Waals surface area contributed by atoms with Crippen molar-refractivity contribution in [2.75, 3.05) is 26.7 Å². The highest BCUT2D eigenvalue weighted by Crippen LogP contribution is 2.28. The van der Waals surface area contributed by atoms with Crippen molar-refractivity contribution in [1.82, 2.24) is 24.9 Å². The molecule has 138 valence electrons. The van der Waals surface area contributed by atoms with Gasteiger partial charge in [-0.3, -0.25) is 9.78 Å². The molecule has 5 rings (SSSR count). The van der Waals surface area contributed by atoms with E-state index in [2.05, 4.69) is 32.0 Å². The van der Waals surface area contributed by atoms with Crippen molar-refractivity contribution in [3.05, 3.63) is 30.4 Å². The number of nitrogens with zero attached hydrogens (tertiary/aromatic N) is 5. The molecule has 0 unspecified atom stereocenters. The highest BCUT2D eigenvalue weighted by Gasteiger charge is 2.35. The van der Waals surface area contributed by atoms with Crippen molar-refractivity contribution >= 4 is 5.91 Å². The zero-order chi connectivity index (χ0) is 17.9. The van der Waals surface area contributed by atoms with E-state index in [0.717, 1.165) is 38.0 Å². The normalized spacial score (nSPS) is 23.2. The summed E-state index contributed by atoms with van der Waals surface area (Å²) >= 11 is 0. The lowest BCUT2D eigenvalue weighted by molar-refractivity contribution is -0.135. The molecular formula is C19H25N5O2. The van der Waals surface area contributed by atoms with Crippen molar-refractivity contribution in [3.8, 4) is 11.4 Å². The maximum atomic E-state index is 12.7. The summed E-state index contributed by atoms with van der Waals surface area (Å²) in [5, 5.41) is 4.00. The van der Waals surface area contributed by atoms with Crippen LogP contribution in [0, 0.1) is 5.92 Å². The van der Waals surface area contributed by atoms with Crippen LogP contribution >= 0.6 is 0 Å². The number of carbonyl (C=O) groups excluding carboxylic acids is 1. The first-order chi connectivity index (χ1) is 12.7. The Labute approximate surface area is 153 Å². The first-order valence-electron chi connectivity index (χ1n) is 9.40. The molecule has 7 heteroatoms. The number of aromatic nitrogens is 3. The van der Waals surface area contributed by atoms with Crippen LogP contribution in [0.5, 0.6) is 0 Å². The molecule has 0 saturated carbocycles. The summed E-state index contributed by atoms with van der Waals surface area (Å²) in [5.74, 6) is 2.02. The number of fused-ring (bicyclic) bond motifs is 4. The summed E-state index contributed by atoms with van der Waals surface area (Å²) in [7, 11) is 2.16. The van der Waals surface area contributed by atoms with Crippen LogP contribution in [-0.2, 0) is 11.2 Å². The van der Waals surface area contributed by atoms with E-state index in [-0.39, 0.29) is 5.91 Å². The van der Waals surface area contributed by atoms with Crippen molar-refractivity contribution < 1.29 is 9.32 Å². The number of hydrogen-bond acceptors (Lipinski definition) is 6. The maximum Gasteiger partial charge on any atom is 0.226 e. The Hall–Kier alpha value is -2.28. The Bertz CT molecular complexity index is 747. The minimum atomic E-state index is 0.266. The van der Waals surface area contributed by atoms with E-state index in [4.69, 9.17) is 4.52 Å². The van der Waals surface area contributed by atoms with Gasteiger partial charge in [0.05, 0.1) is 0 Å². The first kappa shape index (κ1) is 17.1. The van der Waals surface area contributed by atoms with Gasteiger partial charge in [0, 0.05) is 56.5 Å². The average molecular weight is 355 g/mol. The zero-order valence-electron chi connectivity index (χ0n) is 15.2. The fraction of sp³-hybridized carbons (Fsp3) is 0.579. The molecule has 0 radical (unpaired) electrons. The number of piperidine rings is 1. The summed E-state index contributed by atoms with van der Waals surface area (Å²) in [6.45, 7) is 3.03. The second kappa shape index (κ2) is 7.53. The lowest BCUT2D eigenvalue weighted by Crippen LogP contribution is -2.47. The Morgan fingerprint density at radius 2 is 2.23 bits per heavy atom. The second-order valence-corrected chi connectivity index (χ2v) is 7.47. The van der Waals surface area contributed by atoms with E-state index < -0.39 is 0 Å². The van der Waals surface area contributed by atoms with Gasteiger partial charge in [-0.1, -0.05) is 5.16 Å². The topological polar surface area (TPSA) is 75.4 Å². The van der Waals surface area contributed by atoms with Crippen molar-refractivity contribution in [2.45, 2.75) is 38.1 Å². The molecule has 0 aliphatic carbocycles. The molecule has 2 aromatic heterocycles. The van der Waals surface area contributed by atoms with Crippen LogP contribution in [-0.4, -0.2) is 63.6 Å². The van der Waals surface area contributed by atoms with Gasteiger partial charge in [-0.2, -0.15) is 4.98 Å². The standard InChI is InChI=1S/C19H25N5O2/c1-23-11-14-7-8-16(13-23)24(12-14)18(25)6-2-5-17-21-19(22-26-17)15-4-3-9-20-10-15/h3-4,9-10,14,16H,2,5-8,11-13H2,1H3/t14-,16+/m0/s1. The Balaban J connectivity index is 1.30. The summed E-state index contributed by atoms with van der Waals surface area (Å²) in [6, 6.07) is 4.12. The molecule has 26 heavy (non-hydrogen) atoms. The van der Waals surface area contributed by atoms with Crippen LogP contribution < -0.4 is 0 Å². The third kappa shape index (κ3) is 3.77. The number of carbonyl (C=O) groups is 1. The molecule has 5 heterocycles. The molecule has 2 aromatic rings. The smallest absolute Gasteiger partial charge is 0.226 e. The third-order valence-corrected chi connectivity index (χ3v) is 5.39. The molecule has 3 aliphatic heterocycles. The van der Waals surface area contributed by atoms with Crippen LogP contribution in [0.15, 0.2) is 29.0 Å². The van der Waals surface area contributed by atoms with Gasteiger partial charge in [-0.25, -0.2) is 0 Å². The Morgan fingerprint density at radius 1 is 1.31 bits per heavy atom. The quantitative estimate of drug-likeness (QED) is 0.817. The number of amides is 1. The third-order valence-electron chi connectivity index (χ3n) is 5.39. The van der Waals surface area contributed by atoms with Gasteiger partial charge in [0.2, 0.25) is 17.6 Å². The Morgan fingerprint density at radius 3 is 3.08 bits per heavy atom. The lowest BCUT2D eigenvalue weighted by atomic mass is 9.94. The lowest BCUT2D eigenvalue weighted by Gasteiger charge is -2.36. The van der Waals surface area contributed by atoms with Gasteiger partial charge in [0.15, 0.2) is 0 Å². The molecular weight excluding hydrogens is 330 g/mol. The SMILES string of the molecule is CN1C[C@@H]2CC[C@H](C1)N(C(=O)CCCc1nc(-c3cccnc3)no1)C2. The van der Waals surface area contributed by atoms with Crippen molar-refractivity contribution in [2.24, 2.45) is 5.92 Å². The average Bonchev–Trinajstić information content (AvgIpc) is 2.97. The van der Waals surface area contributed by atoms with E-state index in [0.29, 0.717) is 36.5 Å². The molecule has 0 aromatic carbocycles. The minimum absolute atomic E-state index is 0.266. The fourth-order valence-corrected chi connectivity index (χ4v) is 4.12. The minimum Gasteiger partial charge on any atom is -0.339 e. The van der Waals surface area contributed by atoms with Crippen LogP contribution in [0.4, 0.5) is 0 Å². The number of rotatable bonds is 5. The van der Waals surface area contributed by atoms with Crippen LogP contribution in [0.1, 0.15) is 31.6 Å². The van der Waals surface area contributed by atoms with Crippen LogP contribution in [0.3, 0.4) is 0 Å². The van der Waals surface area contributed by atoms with Gasteiger partial charge in [-0.05, 0) is 44.4 Å². The van der Waals surface area contributed by atoms with E-state index >= 15 is 0 Å². The number of pyridine rings is 1. The van der Waals surface area contributed by atoms with Gasteiger partial charge in [0.1, 0.15) is 0 Å². The van der Waals surface area contributed by atoms with Gasteiger partial charge in [0.25, 0.3) is 0 Å². The van der Waals surface area contributed by atoms with E-state index in [1.807, 2.05) is 12.1 Å². The van der Waals surface area contributed by atoms with Crippen LogP contribution in [0.2, 0.25) is 0 Å². The van der Waals surface area contributed by atoms with Crippen molar-refractivity contribution in [1.29, 1.82) is 0 Å². The zero-order valence-corrected chi connectivity index (χ0v) is 15.2.